The van der Waals surface area contributed by atoms with Gasteiger partial charge in [-0.1, -0.05) is 28.1 Å². The summed E-state index contributed by atoms with van der Waals surface area (Å²) in [6.07, 6.45) is 1.60. The molecular formula is C18H15Br2N3O2S. The molecule has 0 atom stereocenters. The first-order valence-electron chi connectivity index (χ1n) is 7.54. The maximum atomic E-state index is 10.2. The number of hydrogen-bond donors (Lipinski definition) is 1. The predicted molar refractivity (Wildman–Crippen MR) is 112 cm³/mol. The Kier molecular flexibility index (Phi) is 5.95. The number of thiazole rings is 1. The van der Waals surface area contributed by atoms with Gasteiger partial charge in [0.05, 0.1) is 23.5 Å². The maximum absolute atomic E-state index is 10.2. The van der Waals surface area contributed by atoms with E-state index in [1.54, 1.807) is 37.2 Å². The number of hydrogen-bond acceptors (Lipinski definition) is 5. The van der Waals surface area contributed by atoms with Gasteiger partial charge < -0.3 is 9.84 Å². The summed E-state index contributed by atoms with van der Waals surface area (Å²) < 4.78 is 8.63. The van der Waals surface area contributed by atoms with Crippen molar-refractivity contribution in [2.75, 3.05) is 14.2 Å². The Morgan fingerprint density at radius 3 is 2.73 bits per heavy atom. The summed E-state index contributed by atoms with van der Waals surface area (Å²) in [6, 6.07) is 11.3. The molecule has 5 nitrogen and oxygen atoms in total. The molecule has 0 aliphatic heterocycles. The summed E-state index contributed by atoms with van der Waals surface area (Å²) in [5, 5.41) is 16.8. The van der Waals surface area contributed by atoms with E-state index < -0.39 is 0 Å². The van der Waals surface area contributed by atoms with Crippen molar-refractivity contribution in [3.63, 3.8) is 0 Å². The van der Waals surface area contributed by atoms with Crippen LogP contribution in [0, 0.1) is 0 Å². The van der Waals surface area contributed by atoms with Crippen LogP contribution >= 0.6 is 43.2 Å². The van der Waals surface area contributed by atoms with E-state index in [-0.39, 0.29) is 5.75 Å². The summed E-state index contributed by atoms with van der Waals surface area (Å²) in [6.45, 7) is 0. The first-order valence-corrected chi connectivity index (χ1v) is 10.0. The van der Waals surface area contributed by atoms with Crippen molar-refractivity contribution in [2.45, 2.75) is 0 Å². The van der Waals surface area contributed by atoms with Crippen molar-refractivity contribution >= 4 is 49.4 Å². The molecule has 1 heterocycles. The van der Waals surface area contributed by atoms with Gasteiger partial charge in [-0.2, -0.15) is 5.10 Å². The second kappa shape index (κ2) is 8.20. The van der Waals surface area contributed by atoms with Gasteiger partial charge in [-0.3, -0.25) is 4.99 Å². The highest BCUT2D eigenvalue weighted by Crippen LogP contribution is 2.32. The highest BCUT2D eigenvalue weighted by Gasteiger charge is 2.12. The average Bonchev–Trinajstić information content (AvgIpc) is 3.06. The van der Waals surface area contributed by atoms with E-state index in [4.69, 9.17) is 4.74 Å². The molecule has 0 bridgehead atoms. The number of ether oxygens (including phenoxy) is 1. The van der Waals surface area contributed by atoms with E-state index in [0.29, 0.717) is 10.0 Å². The van der Waals surface area contributed by atoms with Crippen molar-refractivity contribution in [1.29, 1.82) is 0 Å². The van der Waals surface area contributed by atoms with Crippen LogP contribution in [-0.4, -0.2) is 30.2 Å². The van der Waals surface area contributed by atoms with Crippen LogP contribution in [0.15, 0.2) is 60.8 Å². The van der Waals surface area contributed by atoms with Crippen molar-refractivity contribution in [3.8, 4) is 22.8 Å². The third-order valence-corrected chi connectivity index (χ3v) is 5.60. The molecule has 3 aromatic rings. The third-order valence-electron chi connectivity index (χ3n) is 3.63. The summed E-state index contributed by atoms with van der Waals surface area (Å²) >= 11 is 8.24. The van der Waals surface area contributed by atoms with Crippen molar-refractivity contribution in [3.05, 3.63) is 61.1 Å². The van der Waals surface area contributed by atoms with Crippen LogP contribution in [0.3, 0.4) is 0 Å². The standard InChI is InChI=1S/C18H15Br2N3O2S/c1-21-18-23(22-9-11-7-12(19)8-14(20)17(11)24)15(10-26-18)13-5-3-4-6-16(13)25-2/h3-10,24H,1-2H3. The quantitative estimate of drug-likeness (QED) is 0.524. The van der Waals surface area contributed by atoms with Crippen molar-refractivity contribution in [1.82, 2.24) is 4.68 Å². The second-order valence-electron chi connectivity index (χ2n) is 5.21. The minimum Gasteiger partial charge on any atom is -0.506 e. The van der Waals surface area contributed by atoms with Crippen LogP contribution in [0.25, 0.3) is 11.3 Å². The number of para-hydroxylation sites is 1. The summed E-state index contributed by atoms with van der Waals surface area (Å²) in [7, 11) is 3.36. The van der Waals surface area contributed by atoms with Crippen LogP contribution in [0.5, 0.6) is 11.5 Å². The average molecular weight is 497 g/mol. The first-order chi connectivity index (χ1) is 12.5. The van der Waals surface area contributed by atoms with Gasteiger partial charge in [0.15, 0.2) is 0 Å². The van der Waals surface area contributed by atoms with Crippen LogP contribution in [0.1, 0.15) is 5.56 Å². The Labute approximate surface area is 171 Å². The molecule has 26 heavy (non-hydrogen) atoms. The van der Waals surface area contributed by atoms with E-state index in [9.17, 15) is 5.11 Å². The molecule has 0 saturated carbocycles. The largest absolute Gasteiger partial charge is 0.506 e. The lowest BCUT2D eigenvalue weighted by atomic mass is 10.1. The number of aromatic nitrogens is 1. The van der Waals surface area contributed by atoms with Crippen LogP contribution in [0.2, 0.25) is 0 Å². The Balaban J connectivity index is 2.13. The monoisotopic (exact) mass is 495 g/mol. The molecule has 0 aliphatic rings. The van der Waals surface area contributed by atoms with Gasteiger partial charge in [-0.15, -0.1) is 11.3 Å². The lowest BCUT2D eigenvalue weighted by molar-refractivity contribution is 0.416. The number of phenolic OH excluding ortho intramolecular Hbond substituents is 1. The van der Waals surface area contributed by atoms with E-state index in [1.165, 1.54) is 11.3 Å². The van der Waals surface area contributed by atoms with Gasteiger partial charge in [0.1, 0.15) is 11.5 Å². The number of aromatic hydroxyl groups is 1. The van der Waals surface area contributed by atoms with Crippen LogP contribution in [-0.2, 0) is 0 Å². The number of methoxy groups -OCH3 is 1. The van der Waals surface area contributed by atoms with Gasteiger partial charge >= 0.3 is 0 Å². The molecule has 134 valence electrons. The van der Waals surface area contributed by atoms with E-state index in [1.807, 2.05) is 29.6 Å². The lowest BCUT2D eigenvalue weighted by Gasteiger charge is -2.09. The maximum Gasteiger partial charge on any atom is 0.205 e. The molecule has 1 aromatic heterocycles. The van der Waals surface area contributed by atoms with Crippen molar-refractivity contribution < 1.29 is 9.84 Å². The zero-order valence-corrected chi connectivity index (χ0v) is 18.0. The Morgan fingerprint density at radius 2 is 2.00 bits per heavy atom. The minimum atomic E-state index is 0.126. The van der Waals surface area contributed by atoms with E-state index in [2.05, 4.69) is 42.0 Å². The number of nitrogens with zero attached hydrogens (tertiary/aromatic N) is 3. The highest BCUT2D eigenvalue weighted by atomic mass is 79.9. The summed E-state index contributed by atoms with van der Waals surface area (Å²) in [5.41, 5.74) is 2.36. The number of halogens is 2. The molecule has 0 unspecified atom stereocenters. The fourth-order valence-corrected chi connectivity index (χ4v) is 4.46. The summed E-state index contributed by atoms with van der Waals surface area (Å²) in [4.78, 5) is 5.02. The van der Waals surface area contributed by atoms with Crippen LogP contribution < -0.4 is 9.54 Å². The first kappa shape index (κ1) is 18.9. The third kappa shape index (κ3) is 3.77. The molecule has 0 saturated heterocycles. The molecule has 0 radical (unpaired) electrons. The number of benzene rings is 2. The molecule has 0 fully saturated rings. The van der Waals surface area contributed by atoms with Gasteiger partial charge in [0, 0.05) is 28.0 Å². The van der Waals surface area contributed by atoms with Crippen molar-refractivity contribution in [2.24, 2.45) is 10.1 Å². The Morgan fingerprint density at radius 1 is 1.23 bits per heavy atom. The summed E-state index contributed by atoms with van der Waals surface area (Å²) in [5.74, 6) is 0.881. The number of phenols is 1. The van der Waals surface area contributed by atoms with Gasteiger partial charge in [0.25, 0.3) is 0 Å². The van der Waals surface area contributed by atoms with Gasteiger partial charge in [-0.05, 0) is 40.2 Å². The second-order valence-corrected chi connectivity index (χ2v) is 7.82. The molecule has 8 heteroatoms. The molecule has 0 aliphatic carbocycles. The Hall–Kier alpha value is -1.90. The minimum absolute atomic E-state index is 0.126. The van der Waals surface area contributed by atoms with Crippen LogP contribution in [0.4, 0.5) is 0 Å². The normalized spacial score (nSPS) is 12.1. The van der Waals surface area contributed by atoms with Gasteiger partial charge in [-0.25, -0.2) is 4.68 Å². The topological polar surface area (TPSA) is 59.1 Å². The van der Waals surface area contributed by atoms with E-state index >= 15 is 0 Å². The number of rotatable bonds is 4. The fraction of sp³-hybridized carbons (Fsp3) is 0.111. The SMILES string of the molecule is CN=c1scc(-c2ccccc2OC)n1N=Cc1cc(Br)cc(Br)c1O. The van der Waals surface area contributed by atoms with E-state index in [0.717, 1.165) is 26.3 Å². The zero-order valence-electron chi connectivity index (χ0n) is 14.0. The lowest BCUT2D eigenvalue weighted by Crippen LogP contribution is -2.11. The molecule has 0 amide bonds. The highest BCUT2D eigenvalue weighted by molar-refractivity contribution is 9.11. The zero-order chi connectivity index (χ0) is 18.7. The fourth-order valence-electron chi connectivity index (χ4n) is 2.41. The molecule has 3 rings (SSSR count). The molecule has 1 N–H and O–H groups in total. The molecule has 2 aromatic carbocycles. The smallest absolute Gasteiger partial charge is 0.205 e. The van der Waals surface area contributed by atoms with Gasteiger partial charge in [0.2, 0.25) is 4.80 Å². The molecule has 0 spiro atoms. The molecular weight excluding hydrogens is 482 g/mol. The predicted octanol–water partition coefficient (Wildman–Crippen LogP) is 4.87. The Bertz CT molecular complexity index is 1040.